The van der Waals surface area contributed by atoms with E-state index in [2.05, 4.69) is 30.4 Å². The smallest absolute Gasteiger partial charge is 0.125 e. The van der Waals surface area contributed by atoms with Crippen molar-refractivity contribution in [3.63, 3.8) is 0 Å². The molecular formula is C14H20N2O. The van der Waals surface area contributed by atoms with Gasteiger partial charge in [0.1, 0.15) is 11.4 Å². The van der Waals surface area contributed by atoms with Crippen LogP contribution in [0.15, 0.2) is 18.2 Å². The summed E-state index contributed by atoms with van der Waals surface area (Å²) in [6.45, 7) is 4.12. The maximum absolute atomic E-state index is 6.31. The minimum Gasteiger partial charge on any atom is -0.486 e. The van der Waals surface area contributed by atoms with E-state index < -0.39 is 0 Å². The normalized spacial score (nSPS) is 32.0. The van der Waals surface area contributed by atoms with E-state index in [9.17, 15) is 0 Å². The van der Waals surface area contributed by atoms with E-state index in [-0.39, 0.29) is 11.6 Å². The molecule has 0 aromatic heterocycles. The van der Waals surface area contributed by atoms with Gasteiger partial charge in [-0.15, -0.1) is 0 Å². The fraction of sp³-hybridized carbons (Fsp3) is 0.571. The maximum Gasteiger partial charge on any atom is 0.125 e. The van der Waals surface area contributed by atoms with Crippen LogP contribution in [0.4, 0.5) is 0 Å². The summed E-state index contributed by atoms with van der Waals surface area (Å²) in [5.41, 5.74) is 8.66. The lowest BCUT2D eigenvalue weighted by Crippen LogP contribution is -2.53. The van der Waals surface area contributed by atoms with Crippen molar-refractivity contribution in [2.45, 2.75) is 37.8 Å². The van der Waals surface area contributed by atoms with Gasteiger partial charge < -0.3 is 15.8 Å². The number of piperidine rings is 1. The van der Waals surface area contributed by atoms with Crippen molar-refractivity contribution in [3.8, 4) is 5.75 Å². The summed E-state index contributed by atoms with van der Waals surface area (Å²) in [6.07, 6.45) is 3.21. The largest absolute Gasteiger partial charge is 0.486 e. The van der Waals surface area contributed by atoms with Crippen molar-refractivity contribution in [3.05, 3.63) is 29.3 Å². The monoisotopic (exact) mass is 232 g/mol. The molecule has 2 atom stereocenters. The Balaban J connectivity index is 1.94. The molecule has 1 fully saturated rings. The molecule has 2 aliphatic heterocycles. The Morgan fingerprint density at radius 1 is 1.47 bits per heavy atom. The first-order valence-electron chi connectivity index (χ1n) is 6.44. The van der Waals surface area contributed by atoms with Gasteiger partial charge in [0.05, 0.1) is 0 Å². The molecule has 17 heavy (non-hydrogen) atoms. The summed E-state index contributed by atoms with van der Waals surface area (Å²) in [5.74, 6) is 0.984. The van der Waals surface area contributed by atoms with Crippen molar-refractivity contribution in [1.29, 1.82) is 0 Å². The summed E-state index contributed by atoms with van der Waals surface area (Å²) in [5, 5.41) is 3.43. The Labute approximate surface area is 102 Å². The lowest BCUT2D eigenvalue weighted by Gasteiger charge is -2.43. The van der Waals surface area contributed by atoms with Crippen LogP contribution in [0.2, 0.25) is 0 Å². The minimum absolute atomic E-state index is 0.0695. The van der Waals surface area contributed by atoms with Gasteiger partial charge in [0.15, 0.2) is 0 Å². The van der Waals surface area contributed by atoms with Gasteiger partial charge in [-0.25, -0.2) is 0 Å². The molecule has 3 N–H and O–H groups in total. The van der Waals surface area contributed by atoms with Crippen molar-refractivity contribution >= 4 is 0 Å². The van der Waals surface area contributed by atoms with Crippen LogP contribution in [0.3, 0.4) is 0 Å². The summed E-state index contributed by atoms with van der Waals surface area (Å²) in [6, 6.07) is 6.43. The number of benzene rings is 1. The third-order valence-corrected chi connectivity index (χ3v) is 3.92. The molecule has 2 heterocycles. The fourth-order valence-electron chi connectivity index (χ4n) is 3.04. The van der Waals surface area contributed by atoms with Crippen LogP contribution in [0.25, 0.3) is 0 Å². The molecule has 1 aromatic carbocycles. The number of nitrogens with two attached hydrogens (primary N) is 1. The number of rotatable bonds is 0. The molecule has 3 nitrogen and oxygen atoms in total. The topological polar surface area (TPSA) is 47.3 Å². The number of hydrogen-bond donors (Lipinski definition) is 2. The van der Waals surface area contributed by atoms with Gasteiger partial charge in [-0.2, -0.15) is 0 Å². The molecule has 2 unspecified atom stereocenters. The Morgan fingerprint density at radius 2 is 2.35 bits per heavy atom. The summed E-state index contributed by atoms with van der Waals surface area (Å²) >= 11 is 0. The quantitative estimate of drug-likeness (QED) is 0.718. The molecule has 1 spiro atoms. The number of ether oxygens (including phenoxy) is 1. The van der Waals surface area contributed by atoms with E-state index in [1.807, 2.05) is 0 Å². The second-order valence-electron chi connectivity index (χ2n) is 5.42. The second kappa shape index (κ2) is 4.00. The van der Waals surface area contributed by atoms with Crippen molar-refractivity contribution in [2.75, 3.05) is 13.1 Å². The highest BCUT2D eigenvalue weighted by molar-refractivity contribution is 5.41. The predicted molar refractivity (Wildman–Crippen MR) is 68.2 cm³/mol. The third-order valence-electron chi connectivity index (χ3n) is 3.92. The van der Waals surface area contributed by atoms with Crippen molar-refractivity contribution < 1.29 is 4.74 Å². The lowest BCUT2D eigenvalue weighted by atomic mass is 9.82. The molecule has 0 bridgehead atoms. The van der Waals surface area contributed by atoms with Crippen LogP contribution in [-0.2, 0) is 0 Å². The summed E-state index contributed by atoms with van der Waals surface area (Å²) in [4.78, 5) is 0. The molecular weight excluding hydrogens is 212 g/mol. The summed E-state index contributed by atoms with van der Waals surface area (Å²) in [7, 11) is 0. The number of nitrogens with one attached hydrogen (secondary N) is 1. The van der Waals surface area contributed by atoms with Crippen molar-refractivity contribution in [2.24, 2.45) is 5.73 Å². The highest BCUT2D eigenvalue weighted by atomic mass is 16.5. The van der Waals surface area contributed by atoms with E-state index >= 15 is 0 Å². The zero-order chi connectivity index (χ0) is 11.9. The van der Waals surface area contributed by atoms with Crippen molar-refractivity contribution in [1.82, 2.24) is 5.32 Å². The van der Waals surface area contributed by atoms with Crippen LogP contribution in [0, 0.1) is 6.92 Å². The SMILES string of the molecule is Cc1ccc2c(c1)C(N)CC1(CCCNC1)O2. The zero-order valence-electron chi connectivity index (χ0n) is 10.3. The average Bonchev–Trinajstić information content (AvgIpc) is 2.31. The molecule has 0 saturated carbocycles. The molecule has 92 valence electrons. The predicted octanol–water partition coefficient (Wildman–Crippen LogP) is 1.90. The highest BCUT2D eigenvalue weighted by Gasteiger charge is 2.40. The third kappa shape index (κ3) is 1.94. The van der Waals surface area contributed by atoms with Crippen LogP contribution in [-0.4, -0.2) is 18.7 Å². The first-order chi connectivity index (χ1) is 8.19. The molecule has 2 aliphatic rings. The zero-order valence-corrected chi connectivity index (χ0v) is 10.3. The van der Waals surface area contributed by atoms with Gasteiger partial charge in [0.2, 0.25) is 0 Å². The first-order valence-corrected chi connectivity index (χ1v) is 6.44. The standard InChI is InChI=1S/C14H20N2O/c1-10-3-4-13-11(7-10)12(15)8-14(17-13)5-2-6-16-9-14/h3-4,7,12,16H,2,5-6,8-9,15H2,1H3. The summed E-state index contributed by atoms with van der Waals surface area (Å²) < 4.78 is 6.24. The maximum atomic E-state index is 6.31. The molecule has 0 aliphatic carbocycles. The number of aryl methyl sites for hydroxylation is 1. The van der Waals surface area contributed by atoms with E-state index in [1.54, 1.807) is 0 Å². The molecule has 1 saturated heterocycles. The van der Waals surface area contributed by atoms with E-state index in [0.29, 0.717) is 0 Å². The van der Waals surface area contributed by atoms with Gasteiger partial charge in [0, 0.05) is 24.6 Å². The Bertz CT molecular complexity index is 424. The Hall–Kier alpha value is -1.06. The lowest BCUT2D eigenvalue weighted by molar-refractivity contribution is 0.0137. The first kappa shape index (κ1) is 11.1. The number of hydrogen-bond acceptors (Lipinski definition) is 3. The van der Waals surface area contributed by atoms with Gasteiger partial charge in [-0.05, 0) is 32.4 Å². The second-order valence-corrected chi connectivity index (χ2v) is 5.42. The van der Waals surface area contributed by atoms with Crippen LogP contribution < -0.4 is 15.8 Å². The van der Waals surface area contributed by atoms with E-state index in [1.165, 1.54) is 17.5 Å². The highest BCUT2D eigenvalue weighted by Crippen LogP contribution is 2.41. The molecule has 0 amide bonds. The molecule has 3 rings (SSSR count). The minimum atomic E-state index is -0.0695. The van der Waals surface area contributed by atoms with Crippen LogP contribution >= 0.6 is 0 Å². The Kier molecular flexibility index (Phi) is 2.60. The van der Waals surface area contributed by atoms with Crippen LogP contribution in [0.5, 0.6) is 5.75 Å². The molecule has 0 radical (unpaired) electrons. The molecule has 1 aromatic rings. The van der Waals surface area contributed by atoms with Gasteiger partial charge in [0.25, 0.3) is 0 Å². The van der Waals surface area contributed by atoms with Gasteiger partial charge >= 0.3 is 0 Å². The fourth-order valence-corrected chi connectivity index (χ4v) is 3.04. The van der Waals surface area contributed by atoms with Gasteiger partial charge in [-0.1, -0.05) is 17.7 Å². The Morgan fingerprint density at radius 3 is 3.12 bits per heavy atom. The van der Waals surface area contributed by atoms with E-state index in [4.69, 9.17) is 10.5 Å². The number of fused-ring (bicyclic) bond motifs is 1. The average molecular weight is 232 g/mol. The molecule has 3 heteroatoms. The van der Waals surface area contributed by atoms with E-state index in [0.717, 1.165) is 31.7 Å². The van der Waals surface area contributed by atoms with Crippen LogP contribution in [0.1, 0.15) is 36.4 Å². The van der Waals surface area contributed by atoms with Gasteiger partial charge in [-0.3, -0.25) is 0 Å².